The summed E-state index contributed by atoms with van der Waals surface area (Å²) in [5.74, 6) is -0.652. The Kier molecular flexibility index (Phi) is 7.35. The summed E-state index contributed by atoms with van der Waals surface area (Å²) in [7, 11) is 0. The van der Waals surface area contributed by atoms with Crippen molar-refractivity contribution in [2.75, 3.05) is 5.32 Å². The lowest BCUT2D eigenvalue weighted by Gasteiger charge is -2.05. The van der Waals surface area contributed by atoms with E-state index >= 15 is 0 Å². The maximum Gasteiger partial charge on any atom is 0.283 e. The van der Waals surface area contributed by atoms with Gasteiger partial charge < -0.3 is 5.32 Å². The van der Waals surface area contributed by atoms with E-state index in [0.29, 0.717) is 21.7 Å². The van der Waals surface area contributed by atoms with E-state index in [-0.39, 0.29) is 11.6 Å². The molecule has 2 amide bonds. The zero-order valence-corrected chi connectivity index (χ0v) is 18.2. The van der Waals surface area contributed by atoms with E-state index in [4.69, 9.17) is 0 Å². The van der Waals surface area contributed by atoms with Crippen molar-refractivity contribution in [3.05, 3.63) is 93.5 Å². The Bertz CT molecular complexity index is 1180. The first-order valence-corrected chi connectivity index (χ1v) is 10.4. The number of carbonyl (C=O) groups is 2. The minimum absolute atomic E-state index is 0.0422. The molecule has 9 heteroatoms. The highest BCUT2D eigenvalue weighted by Gasteiger charge is 2.15. The van der Waals surface area contributed by atoms with Gasteiger partial charge in [0.25, 0.3) is 11.6 Å². The van der Waals surface area contributed by atoms with Gasteiger partial charge in [-0.15, -0.1) is 0 Å². The number of nitro groups is 1. The zero-order chi connectivity index (χ0) is 23.1. The van der Waals surface area contributed by atoms with Crippen LogP contribution in [0.1, 0.15) is 28.4 Å². The predicted molar refractivity (Wildman–Crippen MR) is 124 cm³/mol. The Labute approximate surface area is 188 Å². The maximum atomic E-state index is 12.2. The number of aryl methyl sites for hydroxylation is 1. The van der Waals surface area contributed by atoms with E-state index in [9.17, 15) is 19.7 Å². The molecule has 0 aliphatic rings. The quantitative estimate of drug-likeness (QED) is 0.307. The van der Waals surface area contributed by atoms with Gasteiger partial charge in [-0.3, -0.25) is 19.7 Å². The molecule has 0 aliphatic heterocycles. The maximum absolute atomic E-state index is 12.2. The molecule has 0 bridgehead atoms. The third kappa shape index (κ3) is 6.26. The van der Waals surface area contributed by atoms with Crippen molar-refractivity contribution in [3.8, 4) is 0 Å². The summed E-state index contributed by atoms with van der Waals surface area (Å²) in [4.78, 5) is 35.8. The van der Waals surface area contributed by atoms with Crippen LogP contribution < -0.4 is 10.7 Å². The zero-order valence-electron chi connectivity index (χ0n) is 17.4. The van der Waals surface area contributed by atoms with Gasteiger partial charge in [-0.2, -0.15) is 5.10 Å². The number of hydrazone groups is 1. The summed E-state index contributed by atoms with van der Waals surface area (Å²) in [6.45, 7) is 3.37. The number of amides is 2. The predicted octanol–water partition coefficient (Wildman–Crippen LogP) is 4.78. The molecule has 3 rings (SSSR count). The molecule has 0 radical (unpaired) electrons. The van der Waals surface area contributed by atoms with Crippen LogP contribution in [-0.2, 0) is 4.79 Å². The second-order valence-electron chi connectivity index (χ2n) is 6.86. The molecule has 0 saturated carbocycles. The molecule has 3 aromatic carbocycles. The Morgan fingerprint density at radius 2 is 1.72 bits per heavy atom. The van der Waals surface area contributed by atoms with Gasteiger partial charge in [0.15, 0.2) is 0 Å². The first-order chi connectivity index (χ1) is 15.3. The number of anilines is 1. The molecule has 0 unspecified atom stereocenters. The number of rotatable bonds is 7. The Morgan fingerprint density at radius 3 is 2.34 bits per heavy atom. The molecule has 0 atom stereocenters. The van der Waals surface area contributed by atoms with Crippen LogP contribution >= 0.6 is 11.8 Å². The number of nitrogens with one attached hydrogen (secondary N) is 2. The van der Waals surface area contributed by atoms with E-state index in [1.807, 2.05) is 31.2 Å². The molecule has 162 valence electrons. The summed E-state index contributed by atoms with van der Waals surface area (Å²) in [6.07, 6.45) is 1.34. The van der Waals surface area contributed by atoms with Crippen molar-refractivity contribution in [2.24, 2.45) is 5.10 Å². The fourth-order valence-corrected chi connectivity index (χ4v) is 3.62. The summed E-state index contributed by atoms with van der Waals surface area (Å²) in [5, 5.41) is 18.0. The number of hydrogen-bond donors (Lipinski definition) is 2. The largest absolute Gasteiger partial charge is 0.326 e. The average Bonchev–Trinajstić information content (AvgIpc) is 2.76. The lowest BCUT2D eigenvalue weighted by Crippen LogP contribution is -2.17. The topological polar surface area (TPSA) is 114 Å². The van der Waals surface area contributed by atoms with Gasteiger partial charge in [0, 0.05) is 34.7 Å². The fourth-order valence-electron chi connectivity index (χ4n) is 2.72. The third-order valence-electron chi connectivity index (χ3n) is 4.28. The van der Waals surface area contributed by atoms with Gasteiger partial charge in [-0.1, -0.05) is 35.5 Å². The highest BCUT2D eigenvalue weighted by molar-refractivity contribution is 7.99. The van der Waals surface area contributed by atoms with Gasteiger partial charge in [-0.05, 0) is 49.4 Å². The van der Waals surface area contributed by atoms with Gasteiger partial charge in [0.05, 0.1) is 16.0 Å². The SMILES string of the molecule is CC(=O)Nc1ccc(C(=O)NN=Cc2ccc(Sc3ccc(C)cc3)c([N+](=O)[O-])c2)cc1. The minimum atomic E-state index is -0.448. The minimum Gasteiger partial charge on any atom is -0.326 e. The van der Waals surface area contributed by atoms with Crippen LogP contribution in [0.4, 0.5) is 11.4 Å². The van der Waals surface area contributed by atoms with Crippen molar-refractivity contribution in [2.45, 2.75) is 23.6 Å². The van der Waals surface area contributed by atoms with E-state index < -0.39 is 10.8 Å². The van der Waals surface area contributed by atoms with Gasteiger partial charge in [0.2, 0.25) is 5.91 Å². The van der Waals surface area contributed by atoms with Crippen LogP contribution in [0.5, 0.6) is 0 Å². The molecular formula is C23H20N4O4S. The van der Waals surface area contributed by atoms with Gasteiger partial charge in [0.1, 0.15) is 0 Å². The van der Waals surface area contributed by atoms with Crippen molar-refractivity contribution in [1.82, 2.24) is 5.43 Å². The third-order valence-corrected chi connectivity index (χ3v) is 5.35. The molecule has 0 spiro atoms. The standard InChI is InChI=1S/C23H20N4O4S/c1-15-3-10-20(11-4-15)32-22-12-5-17(13-21(22)27(30)31)14-24-26-23(29)18-6-8-19(9-7-18)25-16(2)28/h3-14H,1-2H3,(H,25,28)(H,26,29). The van der Waals surface area contributed by atoms with Crippen molar-refractivity contribution in [3.63, 3.8) is 0 Å². The molecule has 0 aromatic heterocycles. The highest BCUT2D eigenvalue weighted by Crippen LogP contribution is 2.35. The van der Waals surface area contributed by atoms with Crippen LogP contribution in [0.3, 0.4) is 0 Å². The van der Waals surface area contributed by atoms with Gasteiger partial charge >= 0.3 is 0 Å². The molecule has 3 aromatic rings. The summed E-state index contributed by atoms with van der Waals surface area (Å²) >= 11 is 1.31. The lowest BCUT2D eigenvalue weighted by atomic mass is 10.2. The first kappa shape index (κ1) is 22.7. The molecule has 0 fully saturated rings. The molecule has 0 aliphatic carbocycles. The summed E-state index contributed by atoms with van der Waals surface area (Å²) < 4.78 is 0. The monoisotopic (exact) mass is 448 g/mol. The van der Waals surface area contributed by atoms with Crippen molar-refractivity contribution in [1.29, 1.82) is 0 Å². The van der Waals surface area contributed by atoms with Crippen LogP contribution in [0.25, 0.3) is 0 Å². The van der Waals surface area contributed by atoms with E-state index in [0.717, 1.165) is 10.5 Å². The summed E-state index contributed by atoms with van der Waals surface area (Å²) in [5.41, 5.74) is 4.86. The second kappa shape index (κ2) is 10.4. The van der Waals surface area contributed by atoms with E-state index in [2.05, 4.69) is 15.8 Å². The molecule has 0 saturated heterocycles. The average molecular weight is 449 g/mol. The van der Waals surface area contributed by atoms with Crippen LogP contribution in [-0.4, -0.2) is 23.0 Å². The summed E-state index contributed by atoms with van der Waals surface area (Å²) in [6, 6.07) is 18.8. The number of nitrogens with zero attached hydrogens (tertiary/aromatic N) is 2. The Morgan fingerprint density at radius 1 is 1.03 bits per heavy atom. The van der Waals surface area contributed by atoms with Crippen LogP contribution in [0.15, 0.2) is 81.6 Å². The molecular weight excluding hydrogens is 428 g/mol. The van der Waals surface area contributed by atoms with Gasteiger partial charge in [-0.25, -0.2) is 5.43 Å². The number of benzene rings is 3. The first-order valence-electron chi connectivity index (χ1n) is 9.56. The van der Waals surface area contributed by atoms with E-state index in [1.54, 1.807) is 36.4 Å². The number of hydrogen-bond acceptors (Lipinski definition) is 6. The molecule has 0 heterocycles. The molecule has 32 heavy (non-hydrogen) atoms. The smallest absolute Gasteiger partial charge is 0.283 e. The van der Waals surface area contributed by atoms with Crippen molar-refractivity contribution < 1.29 is 14.5 Å². The number of nitro benzene ring substituents is 1. The van der Waals surface area contributed by atoms with Crippen LogP contribution in [0, 0.1) is 17.0 Å². The lowest BCUT2D eigenvalue weighted by molar-refractivity contribution is -0.387. The number of carbonyl (C=O) groups excluding carboxylic acids is 2. The van der Waals surface area contributed by atoms with Crippen LogP contribution in [0.2, 0.25) is 0 Å². The normalized spacial score (nSPS) is 10.7. The Balaban J connectivity index is 1.68. The second-order valence-corrected chi connectivity index (χ2v) is 7.97. The van der Waals surface area contributed by atoms with Crippen molar-refractivity contribution >= 4 is 41.2 Å². The fraction of sp³-hybridized carbons (Fsp3) is 0.0870. The molecule has 2 N–H and O–H groups in total. The Hall–Kier alpha value is -3.98. The highest BCUT2D eigenvalue weighted by atomic mass is 32.2. The molecule has 8 nitrogen and oxygen atoms in total. The van der Waals surface area contributed by atoms with E-state index in [1.165, 1.54) is 31.0 Å².